The van der Waals surface area contributed by atoms with Crippen LogP contribution >= 0.6 is 0 Å². The van der Waals surface area contributed by atoms with E-state index in [1.54, 1.807) is 0 Å². The van der Waals surface area contributed by atoms with Crippen molar-refractivity contribution in [1.29, 1.82) is 0 Å². The van der Waals surface area contributed by atoms with Crippen molar-refractivity contribution in [3.8, 4) is 11.8 Å². The van der Waals surface area contributed by atoms with Gasteiger partial charge in [0.2, 0.25) is 0 Å². The first-order valence-electron chi connectivity index (χ1n) is 6.33. The van der Waals surface area contributed by atoms with Crippen LogP contribution in [-0.4, -0.2) is 24.9 Å². The molecule has 3 heteroatoms. The first-order chi connectivity index (χ1) is 8.90. The van der Waals surface area contributed by atoms with Gasteiger partial charge in [-0.1, -0.05) is 24.0 Å². The van der Waals surface area contributed by atoms with E-state index in [2.05, 4.69) is 11.8 Å². The summed E-state index contributed by atoms with van der Waals surface area (Å²) < 4.78 is 10.9. The summed E-state index contributed by atoms with van der Waals surface area (Å²) in [6, 6.07) is 7.96. The van der Waals surface area contributed by atoms with Crippen LogP contribution in [-0.2, 0) is 9.47 Å². The van der Waals surface area contributed by atoms with Crippen LogP contribution in [0.2, 0.25) is 0 Å². The fourth-order valence-electron chi connectivity index (χ4n) is 1.80. The second kappa shape index (κ2) is 7.17. The van der Waals surface area contributed by atoms with E-state index in [1.165, 1.54) is 0 Å². The lowest BCUT2D eigenvalue weighted by molar-refractivity contribution is -0.0441. The molecule has 0 aliphatic carbocycles. The van der Waals surface area contributed by atoms with Crippen molar-refractivity contribution in [3.05, 3.63) is 35.4 Å². The third-order valence-corrected chi connectivity index (χ3v) is 2.72. The fraction of sp³-hybridized carbons (Fsp3) is 0.467. The summed E-state index contributed by atoms with van der Waals surface area (Å²) in [6.07, 6.45) is 2.35. The molecule has 1 aromatic rings. The van der Waals surface area contributed by atoms with E-state index in [0.29, 0.717) is 13.2 Å². The van der Waals surface area contributed by atoms with Crippen molar-refractivity contribution in [2.75, 3.05) is 19.8 Å². The Morgan fingerprint density at radius 2 is 2.06 bits per heavy atom. The van der Waals surface area contributed by atoms with Crippen LogP contribution in [0.25, 0.3) is 0 Å². The minimum atomic E-state index is -0.235. The fourth-order valence-corrected chi connectivity index (χ4v) is 1.80. The number of hydrogen-bond donors (Lipinski definition) is 1. The maximum Gasteiger partial charge on any atom is 0.184 e. The molecule has 0 spiro atoms. The molecule has 1 aliphatic rings. The quantitative estimate of drug-likeness (QED) is 0.654. The van der Waals surface area contributed by atoms with Gasteiger partial charge in [0, 0.05) is 24.2 Å². The number of ether oxygens (including phenoxy) is 2. The monoisotopic (exact) mass is 246 g/mol. The van der Waals surface area contributed by atoms with Gasteiger partial charge < -0.3 is 14.6 Å². The number of aliphatic hydroxyl groups excluding tert-OH is 1. The van der Waals surface area contributed by atoms with Gasteiger partial charge in [-0.2, -0.15) is 0 Å². The molecule has 1 aliphatic heterocycles. The van der Waals surface area contributed by atoms with Gasteiger partial charge in [-0.25, -0.2) is 0 Å². The van der Waals surface area contributed by atoms with E-state index in [4.69, 9.17) is 14.6 Å². The summed E-state index contributed by atoms with van der Waals surface area (Å²) in [5.74, 6) is 6.24. The molecule has 0 atom stereocenters. The van der Waals surface area contributed by atoms with Gasteiger partial charge in [-0.15, -0.1) is 0 Å². The predicted octanol–water partition coefficient (Wildman–Crippen LogP) is 2.25. The van der Waals surface area contributed by atoms with Crippen molar-refractivity contribution in [3.63, 3.8) is 0 Å². The molecule has 0 amide bonds. The minimum absolute atomic E-state index is 0.235. The Kier molecular flexibility index (Phi) is 5.22. The van der Waals surface area contributed by atoms with Gasteiger partial charge >= 0.3 is 0 Å². The van der Waals surface area contributed by atoms with Gasteiger partial charge in [0.25, 0.3) is 0 Å². The molecule has 0 aromatic heterocycles. The molecule has 1 fully saturated rings. The Labute approximate surface area is 108 Å². The zero-order valence-electron chi connectivity index (χ0n) is 10.4. The molecular formula is C15H18O3. The van der Waals surface area contributed by atoms with Crippen molar-refractivity contribution in [1.82, 2.24) is 0 Å². The maximum absolute atomic E-state index is 8.66. The molecule has 1 aromatic carbocycles. The molecule has 1 heterocycles. The molecule has 2 rings (SSSR count). The van der Waals surface area contributed by atoms with Crippen LogP contribution in [0, 0.1) is 11.8 Å². The van der Waals surface area contributed by atoms with Crippen LogP contribution in [0.3, 0.4) is 0 Å². The highest BCUT2D eigenvalue weighted by atomic mass is 16.7. The second-order valence-corrected chi connectivity index (χ2v) is 4.18. The smallest absolute Gasteiger partial charge is 0.184 e. The SMILES string of the molecule is OCCCCC#Cc1cccc(C2OCCO2)c1. The Bertz CT molecular complexity index is 425. The first kappa shape index (κ1) is 13.1. The molecule has 18 heavy (non-hydrogen) atoms. The van der Waals surface area contributed by atoms with Gasteiger partial charge in [-0.05, 0) is 25.0 Å². The van der Waals surface area contributed by atoms with Crippen molar-refractivity contribution in [2.45, 2.75) is 25.6 Å². The van der Waals surface area contributed by atoms with E-state index in [9.17, 15) is 0 Å². The van der Waals surface area contributed by atoms with Gasteiger partial charge in [-0.3, -0.25) is 0 Å². The highest BCUT2D eigenvalue weighted by molar-refractivity contribution is 5.37. The van der Waals surface area contributed by atoms with Crippen molar-refractivity contribution >= 4 is 0 Å². The zero-order valence-corrected chi connectivity index (χ0v) is 10.4. The summed E-state index contributed by atoms with van der Waals surface area (Å²) in [7, 11) is 0. The number of benzene rings is 1. The van der Waals surface area contributed by atoms with Gasteiger partial charge in [0.1, 0.15) is 0 Å². The van der Waals surface area contributed by atoms with E-state index in [0.717, 1.165) is 30.4 Å². The Morgan fingerprint density at radius 1 is 1.22 bits per heavy atom. The summed E-state index contributed by atoms with van der Waals surface area (Å²) in [6.45, 7) is 1.55. The van der Waals surface area contributed by atoms with Crippen molar-refractivity contribution < 1.29 is 14.6 Å². The standard InChI is InChI=1S/C15H18O3/c16-9-4-2-1-3-6-13-7-5-8-14(12-13)15-17-10-11-18-15/h5,7-8,12,15-16H,1-2,4,9-11H2. The number of aliphatic hydroxyl groups is 1. The molecule has 0 radical (unpaired) electrons. The summed E-state index contributed by atoms with van der Waals surface area (Å²) in [5, 5.41) is 8.66. The largest absolute Gasteiger partial charge is 0.396 e. The lowest BCUT2D eigenvalue weighted by atomic mass is 10.1. The molecule has 3 nitrogen and oxygen atoms in total. The van der Waals surface area contributed by atoms with E-state index < -0.39 is 0 Å². The first-order valence-corrected chi connectivity index (χ1v) is 6.33. The molecule has 96 valence electrons. The third kappa shape index (κ3) is 3.85. The third-order valence-electron chi connectivity index (χ3n) is 2.72. The zero-order chi connectivity index (χ0) is 12.6. The summed E-state index contributed by atoms with van der Waals surface area (Å²) >= 11 is 0. The average molecular weight is 246 g/mol. The topological polar surface area (TPSA) is 38.7 Å². The minimum Gasteiger partial charge on any atom is -0.396 e. The Hall–Kier alpha value is -1.34. The van der Waals surface area contributed by atoms with Crippen LogP contribution in [0.5, 0.6) is 0 Å². The van der Waals surface area contributed by atoms with Gasteiger partial charge in [0.05, 0.1) is 13.2 Å². The molecular weight excluding hydrogens is 228 g/mol. The predicted molar refractivity (Wildman–Crippen MR) is 68.9 cm³/mol. The molecule has 0 bridgehead atoms. The molecule has 0 unspecified atom stereocenters. The Morgan fingerprint density at radius 3 is 2.83 bits per heavy atom. The summed E-state index contributed by atoms with van der Waals surface area (Å²) in [5.41, 5.74) is 2.00. The molecule has 1 N–H and O–H groups in total. The Balaban J connectivity index is 1.94. The van der Waals surface area contributed by atoms with Crippen molar-refractivity contribution in [2.24, 2.45) is 0 Å². The molecule has 1 saturated heterocycles. The second-order valence-electron chi connectivity index (χ2n) is 4.18. The average Bonchev–Trinajstić information content (AvgIpc) is 2.93. The number of rotatable bonds is 4. The maximum atomic E-state index is 8.66. The molecule has 0 saturated carbocycles. The van der Waals surface area contributed by atoms with Crippen LogP contribution in [0.15, 0.2) is 24.3 Å². The van der Waals surface area contributed by atoms with E-state index in [-0.39, 0.29) is 12.9 Å². The van der Waals surface area contributed by atoms with Crippen LogP contribution in [0.1, 0.15) is 36.7 Å². The normalized spacial score (nSPS) is 15.4. The highest BCUT2D eigenvalue weighted by Crippen LogP contribution is 2.23. The summed E-state index contributed by atoms with van der Waals surface area (Å²) in [4.78, 5) is 0. The van der Waals surface area contributed by atoms with Crippen LogP contribution < -0.4 is 0 Å². The van der Waals surface area contributed by atoms with E-state index >= 15 is 0 Å². The number of hydrogen-bond acceptors (Lipinski definition) is 3. The van der Waals surface area contributed by atoms with E-state index in [1.807, 2.05) is 24.3 Å². The lowest BCUT2D eigenvalue weighted by Gasteiger charge is -2.08. The van der Waals surface area contributed by atoms with Gasteiger partial charge in [0.15, 0.2) is 6.29 Å². The number of unbranched alkanes of at least 4 members (excludes halogenated alkanes) is 2. The highest BCUT2D eigenvalue weighted by Gasteiger charge is 2.17. The van der Waals surface area contributed by atoms with Crippen LogP contribution in [0.4, 0.5) is 0 Å². The lowest BCUT2D eigenvalue weighted by Crippen LogP contribution is -1.97.